The van der Waals surface area contributed by atoms with Gasteiger partial charge in [-0.3, -0.25) is 0 Å². The molecule has 98 valence electrons. The van der Waals surface area contributed by atoms with Crippen LogP contribution < -0.4 is 5.73 Å². The van der Waals surface area contributed by atoms with E-state index in [4.69, 9.17) is 11.0 Å². The first-order chi connectivity index (χ1) is 8.84. The van der Waals surface area contributed by atoms with Gasteiger partial charge in [-0.1, -0.05) is 45.0 Å². The third kappa shape index (κ3) is 2.50. The zero-order valence-electron chi connectivity index (χ0n) is 11.7. The molecule has 0 radical (unpaired) electrons. The number of nitrogens with two attached hydrogens (primary N) is 1. The van der Waals surface area contributed by atoms with Crippen LogP contribution in [-0.2, 0) is 5.41 Å². The lowest BCUT2D eigenvalue weighted by molar-refractivity contribution is 0.590. The normalized spacial score (nSPS) is 11.3. The molecular weight excluding hydrogens is 252 g/mol. The Hall–Kier alpha value is -1.79. The maximum Gasteiger partial charge on any atom is 0.128 e. The highest BCUT2D eigenvalue weighted by atomic mass is 32.1. The minimum absolute atomic E-state index is 0.153. The molecule has 0 unspecified atom stereocenters. The minimum atomic E-state index is 0.153. The van der Waals surface area contributed by atoms with Crippen LogP contribution in [0.4, 0.5) is 5.69 Å². The van der Waals surface area contributed by atoms with Gasteiger partial charge < -0.3 is 5.73 Å². The van der Waals surface area contributed by atoms with Crippen molar-refractivity contribution < 1.29 is 0 Å². The van der Waals surface area contributed by atoms with E-state index in [9.17, 15) is 0 Å². The predicted molar refractivity (Wildman–Crippen MR) is 82.3 cm³/mol. The summed E-state index contributed by atoms with van der Waals surface area (Å²) < 4.78 is 0. The zero-order valence-corrected chi connectivity index (χ0v) is 12.6. The molecule has 2 N–H and O–H groups in total. The molecule has 0 spiro atoms. The van der Waals surface area contributed by atoms with E-state index in [1.807, 2.05) is 6.92 Å². The summed E-state index contributed by atoms with van der Waals surface area (Å²) in [6, 6.07) is 10.7. The second kappa shape index (κ2) is 4.71. The van der Waals surface area contributed by atoms with E-state index in [0.29, 0.717) is 10.6 Å². The molecular formula is C16H18N2S. The molecule has 2 rings (SSSR count). The molecule has 0 bridgehead atoms. The summed E-state index contributed by atoms with van der Waals surface area (Å²) in [5.74, 6) is 0. The number of hydrogen-bond donors (Lipinski definition) is 1. The van der Waals surface area contributed by atoms with Crippen molar-refractivity contribution >= 4 is 17.0 Å². The molecule has 1 heterocycles. The molecule has 1 aromatic carbocycles. The van der Waals surface area contributed by atoms with Gasteiger partial charge in [0.05, 0.1) is 5.69 Å². The largest absolute Gasteiger partial charge is 0.397 e. The summed E-state index contributed by atoms with van der Waals surface area (Å²) in [6.45, 7) is 8.57. The Morgan fingerprint density at radius 2 is 1.74 bits per heavy atom. The van der Waals surface area contributed by atoms with Gasteiger partial charge in [0.2, 0.25) is 0 Å². The van der Waals surface area contributed by atoms with Crippen LogP contribution in [0.15, 0.2) is 24.3 Å². The van der Waals surface area contributed by atoms with E-state index in [2.05, 4.69) is 51.1 Å². The fourth-order valence-corrected chi connectivity index (χ4v) is 3.04. The molecule has 0 fully saturated rings. The van der Waals surface area contributed by atoms with Gasteiger partial charge >= 0.3 is 0 Å². The molecule has 19 heavy (non-hydrogen) atoms. The number of thiophene rings is 1. The minimum Gasteiger partial charge on any atom is -0.397 e. The molecule has 0 aliphatic carbocycles. The van der Waals surface area contributed by atoms with Crippen LogP contribution in [0.1, 0.15) is 36.8 Å². The van der Waals surface area contributed by atoms with Crippen LogP contribution >= 0.6 is 11.3 Å². The predicted octanol–water partition coefficient (Wildman–Crippen LogP) is 4.47. The van der Waals surface area contributed by atoms with Crippen molar-refractivity contribution in [1.29, 1.82) is 5.26 Å². The second-order valence-electron chi connectivity index (χ2n) is 5.74. The summed E-state index contributed by atoms with van der Waals surface area (Å²) in [7, 11) is 0. The smallest absolute Gasteiger partial charge is 0.128 e. The highest BCUT2D eigenvalue weighted by Gasteiger charge is 2.16. The maximum atomic E-state index is 9.03. The van der Waals surface area contributed by atoms with E-state index in [0.717, 1.165) is 16.0 Å². The lowest BCUT2D eigenvalue weighted by Gasteiger charge is -2.19. The van der Waals surface area contributed by atoms with Crippen LogP contribution in [0.2, 0.25) is 0 Å². The van der Waals surface area contributed by atoms with Crippen molar-refractivity contribution in [2.45, 2.75) is 33.1 Å². The summed E-state index contributed by atoms with van der Waals surface area (Å²) in [5.41, 5.74) is 10.1. The van der Waals surface area contributed by atoms with Gasteiger partial charge in [-0.25, -0.2) is 0 Å². The van der Waals surface area contributed by atoms with E-state index in [1.165, 1.54) is 16.9 Å². The van der Waals surface area contributed by atoms with Crippen molar-refractivity contribution in [1.82, 2.24) is 0 Å². The summed E-state index contributed by atoms with van der Waals surface area (Å²) in [6.07, 6.45) is 0. The van der Waals surface area contributed by atoms with E-state index in [1.54, 1.807) is 0 Å². The van der Waals surface area contributed by atoms with Crippen molar-refractivity contribution in [3.05, 3.63) is 40.3 Å². The monoisotopic (exact) mass is 270 g/mol. The van der Waals surface area contributed by atoms with Crippen LogP contribution in [0, 0.1) is 18.3 Å². The molecule has 0 amide bonds. The van der Waals surface area contributed by atoms with Crippen LogP contribution in [0.25, 0.3) is 10.4 Å². The van der Waals surface area contributed by atoms with Gasteiger partial charge in [-0.15, -0.1) is 11.3 Å². The van der Waals surface area contributed by atoms with Gasteiger partial charge in [0.1, 0.15) is 10.9 Å². The van der Waals surface area contributed by atoms with Crippen LogP contribution in [0.3, 0.4) is 0 Å². The lowest BCUT2D eigenvalue weighted by Crippen LogP contribution is -2.10. The number of hydrogen-bond acceptors (Lipinski definition) is 3. The molecule has 0 saturated heterocycles. The SMILES string of the molecule is Cc1c(-c2ccc(C(C)(C)C)cc2)sc(C#N)c1N. The van der Waals surface area contributed by atoms with E-state index >= 15 is 0 Å². The topological polar surface area (TPSA) is 49.8 Å². The Labute approximate surface area is 118 Å². The summed E-state index contributed by atoms with van der Waals surface area (Å²) in [4.78, 5) is 1.70. The Morgan fingerprint density at radius 3 is 2.16 bits per heavy atom. The Kier molecular flexibility index (Phi) is 3.38. The first kappa shape index (κ1) is 13.6. The Balaban J connectivity index is 2.47. The first-order valence-electron chi connectivity index (χ1n) is 6.24. The second-order valence-corrected chi connectivity index (χ2v) is 6.76. The van der Waals surface area contributed by atoms with Gasteiger partial charge in [-0.2, -0.15) is 5.26 Å². The Bertz CT molecular complexity index is 637. The average molecular weight is 270 g/mol. The van der Waals surface area contributed by atoms with Crippen molar-refractivity contribution in [2.75, 3.05) is 5.73 Å². The van der Waals surface area contributed by atoms with E-state index in [-0.39, 0.29) is 5.41 Å². The fourth-order valence-electron chi connectivity index (χ4n) is 2.01. The molecule has 2 aromatic rings. The zero-order chi connectivity index (χ0) is 14.2. The van der Waals surface area contributed by atoms with Crippen LogP contribution in [-0.4, -0.2) is 0 Å². The standard InChI is InChI=1S/C16H18N2S/c1-10-14(18)13(9-17)19-15(10)11-5-7-12(8-6-11)16(2,3)4/h5-8H,18H2,1-4H3. The highest BCUT2D eigenvalue weighted by molar-refractivity contribution is 7.16. The molecule has 1 aromatic heterocycles. The molecule has 2 nitrogen and oxygen atoms in total. The molecule has 0 saturated carbocycles. The van der Waals surface area contributed by atoms with Gasteiger partial charge in [0.15, 0.2) is 0 Å². The maximum absolute atomic E-state index is 9.03. The first-order valence-corrected chi connectivity index (χ1v) is 7.06. The van der Waals surface area contributed by atoms with Crippen LogP contribution in [0.5, 0.6) is 0 Å². The number of nitrogens with zero attached hydrogens (tertiary/aromatic N) is 1. The number of anilines is 1. The molecule has 0 aliphatic rings. The fraction of sp³-hybridized carbons (Fsp3) is 0.312. The van der Waals surface area contributed by atoms with Crippen molar-refractivity contribution in [3.63, 3.8) is 0 Å². The number of benzene rings is 1. The van der Waals surface area contributed by atoms with Gasteiger partial charge in [-0.05, 0) is 29.0 Å². The molecule has 0 aliphatic heterocycles. The van der Waals surface area contributed by atoms with Crippen molar-refractivity contribution in [3.8, 4) is 16.5 Å². The van der Waals surface area contributed by atoms with Gasteiger partial charge in [0.25, 0.3) is 0 Å². The molecule has 3 heteroatoms. The lowest BCUT2D eigenvalue weighted by atomic mass is 9.86. The quantitative estimate of drug-likeness (QED) is 0.830. The molecule has 0 atom stereocenters. The van der Waals surface area contributed by atoms with E-state index < -0.39 is 0 Å². The average Bonchev–Trinajstić information content (AvgIpc) is 2.65. The number of nitriles is 1. The third-order valence-electron chi connectivity index (χ3n) is 3.31. The van der Waals surface area contributed by atoms with Gasteiger partial charge in [0, 0.05) is 4.88 Å². The number of nitrogen functional groups attached to an aromatic ring is 1. The highest BCUT2D eigenvalue weighted by Crippen LogP contribution is 2.38. The summed E-state index contributed by atoms with van der Waals surface area (Å²) in [5, 5.41) is 9.03. The third-order valence-corrected chi connectivity index (χ3v) is 4.57. The summed E-state index contributed by atoms with van der Waals surface area (Å²) >= 11 is 1.47. The Morgan fingerprint density at radius 1 is 1.16 bits per heavy atom. The number of rotatable bonds is 1. The van der Waals surface area contributed by atoms with Crippen molar-refractivity contribution in [2.24, 2.45) is 0 Å².